The quantitative estimate of drug-likeness (QED) is 0.744. The highest BCUT2D eigenvalue weighted by Gasteiger charge is 2.37. The van der Waals surface area contributed by atoms with E-state index in [1.165, 1.54) is 32.1 Å². The van der Waals surface area contributed by atoms with Crippen molar-refractivity contribution in [3.05, 3.63) is 0 Å². The van der Waals surface area contributed by atoms with Crippen LogP contribution in [0, 0.1) is 0 Å². The molecule has 1 saturated heterocycles. The molecule has 1 aliphatic carbocycles. The zero-order valence-corrected chi connectivity index (χ0v) is 12.4. The average molecular weight is 285 g/mol. The molecule has 108 valence electrons. The number of methoxy groups -OCH3 is 1. The van der Waals surface area contributed by atoms with Crippen LogP contribution in [0.2, 0.25) is 0 Å². The van der Waals surface area contributed by atoms with Crippen molar-refractivity contribution < 1.29 is 9.53 Å². The predicted octanol–water partition coefficient (Wildman–Crippen LogP) is 1.14. The molecular formula is C13H23N3O2S. The number of thioether (sulfide) groups is 1. The zero-order valence-electron chi connectivity index (χ0n) is 11.5. The van der Waals surface area contributed by atoms with E-state index in [-0.39, 0.29) is 18.0 Å². The van der Waals surface area contributed by atoms with Crippen LogP contribution in [0.15, 0.2) is 4.99 Å². The first kappa shape index (κ1) is 14.7. The number of nitrogens with one attached hydrogen (secondary N) is 2. The first-order valence-corrected chi connectivity index (χ1v) is 7.94. The zero-order chi connectivity index (χ0) is 13.6. The molecule has 0 bridgehead atoms. The number of amidine groups is 1. The van der Waals surface area contributed by atoms with Gasteiger partial charge >= 0.3 is 0 Å². The van der Waals surface area contributed by atoms with Crippen molar-refractivity contribution >= 4 is 22.8 Å². The Labute approximate surface area is 119 Å². The van der Waals surface area contributed by atoms with Crippen LogP contribution < -0.4 is 10.6 Å². The maximum absolute atomic E-state index is 11.5. The average Bonchev–Trinajstić information content (AvgIpc) is 2.81. The summed E-state index contributed by atoms with van der Waals surface area (Å²) < 4.78 is 4.88. The van der Waals surface area contributed by atoms with E-state index in [1.54, 1.807) is 18.9 Å². The third-order valence-electron chi connectivity index (χ3n) is 3.66. The summed E-state index contributed by atoms with van der Waals surface area (Å²) in [5.41, 5.74) is 0.258. The van der Waals surface area contributed by atoms with Crippen LogP contribution in [-0.2, 0) is 9.53 Å². The lowest BCUT2D eigenvalue weighted by molar-refractivity contribution is -0.119. The number of carbonyl (C=O) groups is 1. The number of aliphatic imine (C=N–C) groups is 1. The van der Waals surface area contributed by atoms with Crippen LogP contribution in [0.5, 0.6) is 0 Å². The molecule has 19 heavy (non-hydrogen) atoms. The Morgan fingerprint density at radius 3 is 3.00 bits per heavy atom. The van der Waals surface area contributed by atoms with Crippen LogP contribution in [-0.4, -0.2) is 49.2 Å². The van der Waals surface area contributed by atoms with Gasteiger partial charge in [0.25, 0.3) is 0 Å². The van der Waals surface area contributed by atoms with Gasteiger partial charge in [0.2, 0.25) is 5.91 Å². The molecule has 0 aromatic carbocycles. The number of hydrogen-bond acceptors (Lipinski definition) is 4. The highest BCUT2D eigenvalue weighted by atomic mass is 32.2. The van der Waals surface area contributed by atoms with E-state index in [0.717, 1.165) is 10.9 Å². The molecule has 0 aromatic rings. The fourth-order valence-corrected chi connectivity index (χ4v) is 3.80. The maximum Gasteiger partial charge on any atom is 0.241 e. The molecule has 2 fully saturated rings. The van der Waals surface area contributed by atoms with E-state index in [0.29, 0.717) is 13.2 Å². The Balaban J connectivity index is 1.73. The molecule has 5 nitrogen and oxygen atoms in total. The summed E-state index contributed by atoms with van der Waals surface area (Å²) >= 11 is 1.75. The van der Waals surface area contributed by atoms with Crippen molar-refractivity contribution in [3.8, 4) is 0 Å². The van der Waals surface area contributed by atoms with Gasteiger partial charge in [-0.25, -0.2) is 0 Å². The monoisotopic (exact) mass is 285 g/mol. The number of nitrogens with zero attached hydrogens (tertiary/aromatic N) is 1. The van der Waals surface area contributed by atoms with E-state index in [1.807, 2.05) is 0 Å². The van der Waals surface area contributed by atoms with Gasteiger partial charge in [-0.15, -0.1) is 0 Å². The Hall–Kier alpha value is -0.750. The third-order valence-corrected chi connectivity index (χ3v) is 4.86. The van der Waals surface area contributed by atoms with E-state index >= 15 is 0 Å². The molecule has 2 aliphatic rings. The standard InChI is InChI=1S/C13H23N3O2S/c1-18-8-7-14-11(17)9-15-12-16-13(10-19-12)5-3-2-4-6-13/h2-10H2,1H3,(H,14,17)(H,15,16). The Morgan fingerprint density at radius 1 is 1.47 bits per heavy atom. The maximum atomic E-state index is 11.5. The lowest BCUT2D eigenvalue weighted by atomic mass is 9.83. The number of carbonyl (C=O) groups excluding carboxylic acids is 1. The summed E-state index contributed by atoms with van der Waals surface area (Å²) in [6, 6.07) is 0. The second-order valence-electron chi connectivity index (χ2n) is 5.22. The van der Waals surface area contributed by atoms with E-state index in [9.17, 15) is 4.79 Å². The second kappa shape index (κ2) is 7.14. The second-order valence-corrected chi connectivity index (χ2v) is 6.18. The molecule has 1 heterocycles. The minimum Gasteiger partial charge on any atom is -0.383 e. The lowest BCUT2D eigenvalue weighted by Crippen LogP contribution is -2.45. The topological polar surface area (TPSA) is 62.7 Å². The Morgan fingerprint density at radius 2 is 2.26 bits per heavy atom. The van der Waals surface area contributed by atoms with Crippen LogP contribution in [0.3, 0.4) is 0 Å². The van der Waals surface area contributed by atoms with E-state index < -0.39 is 0 Å². The normalized spacial score (nSPS) is 23.5. The SMILES string of the molecule is COCCNC(=O)CN=C1NC2(CCCCC2)CS1. The van der Waals surface area contributed by atoms with Gasteiger partial charge in [0, 0.05) is 24.9 Å². The van der Waals surface area contributed by atoms with Gasteiger partial charge in [-0.2, -0.15) is 0 Å². The van der Waals surface area contributed by atoms with Gasteiger partial charge in [-0.3, -0.25) is 9.79 Å². The molecule has 0 unspecified atom stereocenters. The molecule has 0 atom stereocenters. The van der Waals surface area contributed by atoms with Crippen LogP contribution in [0.25, 0.3) is 0 Å². The van der Waals surface area contributed by atoms with Crippen molar-refractivity contribution in [3.63, 3.8) is 0 Å². The van der Waals surface area contributed by atoms with Gasteiger partial charge in [-0.1, -0.05) is 31.0 Å². The molecule has 1 saturated carbocycles. The summed E-state index contributed by atoms with van der Waals surface area (Å²) in [5, 5.41) is 7.24. The molecule has 0 radical (unpaired) electrons. The van der Waals surface area contributed by atoms with Gasteiger partial charge in [-0.05, 0) is 12.8 Å². The van der Waals surface area contributed by atoms with Crippen molar-refractivity contribution in [1.82, 2.24) is 10.6 Å². The molecule has 0 aromatic heterocycles. The number of hydrogen-bond donors (Lipinski definition) is 2. The van der Waals surface area contributed by atoms with Crippen molar-refractivity contribution in [1.29, 1.82) is 0 Å². The van der Waals surface area contributed by atoms with Crippen LogP contribution in [0.1, 0.15) is 32.1 Å². The first-order chi connectivity index (χ1) is 9.24. The number of ether oxygens (including phenoxy) is 1. The molecule has 6 heteroatoms. The molecule has 1 spiro atoms. The summed E-state index contributed by atoms with van der Waals surface area (Å²) in [5.74, 6) is 1.05. The summed E-state index contributed by atoms with van der Waals surface area (Å²) in [6.07, 6.45) is 6.43. The highest BCUT2D eigenvalue weighted by molar-refractivity contribution is 8.14. The molecule has 2 N–H and O–H groups in total. The van der Waals surface area contributed by atoms with Gasteiger partial charge in [0.15, 0.2) is 5.17 Å². The summed E-state index contributed by atoms with van der Waals surface area (Å²) in [4.78, 5) is 15.9. The van der Waals surface area contributed by atoms with Gasteiger partial charge in [0.05, 0.1) is 6.61 Å². The minimum absolute atomic E-state index is 0.0449. The fraction of sp³-hybridized carbons (Fsp3) is 0.846. The molecular weight excluding hydrogens is 262 g/mol. The van der Waals surface area contributed by atoms with Gasteiger partial charge in [0.1, 0.15) is 6.54 Å². The van der Waals surface area contributed by atoms with Crippen molar-refractivity contribution in [2.24, 2.45) is 4.99 Å². The number of rotatable bonds is 5. The van der Waals surface area contributed by atoms with E-state index in [4.69, 9.17) is 4.74 Å². The largest absolute Gasteiger partial charge is 0.383 e. The Bertz CT molecular complexity index is 341. The van der Waals surface area contributed by atoms with Gasteiger partial charge < -0.3 is 15.4 Å². The fourth-order valence-electron chi connectivity index (χ4n) is 2.58. The minimum atomic E-state index is -0.0449. The van der Waals surface area contributed by atoms with E-state index in [2.05, 4.69) is 15.6 Å². The smallest absolute Gasteiger partial charge is 0.241 e. The van der Waals surface area contributed by atoms with Crippen LogP contribution in [0.4, 0.5) is 0 Å². The molecule has 1 aliphatic heterocycles. The summed E-state index contributed by atoms with van der Waals surface area (Å²) in [6.45, 7) is 1.29. The molecule has 1 amide bonds. The number of amides is 1. The summed E-state index contributed by atoms with van der Waals surface area (Å²) in [7, 11) is 1.62. The third kappa shape index (κ3) is 4.38. The highest BCUT2D eigenvalue weighted by Crippen LogP contribution is 2.35. The van der Waals surface area contributed by atoms with Crippen molar-refractivity contribution in [2.75, 3.05) is 32.6 Å². The molecule has 2 rings (SSSR count). The predicted molar refractivity (Wildman–Crippen MR) is 78.6 cm³/mol. The first-order valence-electron chi connectivity index (χ1n) is 6.95. The Kier molecular flexibility index (Phi) is 5.51. The van der Waals surface area contributed by atoms with Crippen molar-refractivity contribution in [2.45, 2.75) is 37.6 Å². The van der Waals surface area contributed by atoms with Crippen LogP contribution >= 0.6 is 11.8 Å². The lowest BCUT2D eigenvalue weighted by Gasteiger charge is -2.32.